The van der Waals surface area contributed by atoms with Crippen LogP contribution in [0.25, 0.3) is 10.9 Å². The van der Waals surface area contributed by atoms with Crippen LogP contribution in [-0.4, -0.2) is 17.5 Å². The Hall–Kier alpha value is -3.08. The van der Waals surface area contributed by atoms with Gasteiger partial charge in [0.25, 0.3) is 0 Å². The van der Waals surface area contributed by atoms with E-state index in [0.717, 1.165) is 28.6 Å². The van der Waals surface area contributed by atoms with Crippen molar-refractivity contribution in [2.24, 2.45) is 0 Å². The van der Waals surface area contributed by atoms with Gasteiger partial charge in [0.1, 0.15) is 11.5 Å². The van der Waals surface area contributed by atoms with Crippen LogP contribution < -0.4 is 14.8 Å². The van der Waals surface area contributed by atoms with Crippen molar-refractivity contribution in [1.29, 1.82) is 0 Å². The van der Waals surface area contributed by atoms with Crippen molar-refractivity contribution in [1.82, 2.24) is 10.3 Å². The topological polar surface area (TPSA) is 60.5 Å². The summed E-state index contributed by atoms with van der Waals surface area (Å²) in [5, 5.41) is 3.89. The Morgan fingerprint density at radius 2 is 1.81 bits per heavy atom. The van der Waals surface area contributed by atoms with E-state index in [-0.39, 0.29) is 11.9 Å². The molecule has 140 valence electrons. The van der Waals surface area contributed by atoms with Gasteiger partial charge in [-0.2, -0.15) is 0 Å². The van der Waals surface area contributed by atoms with Gasteiger partial charge in [-0.15, -0.1) is 0 Å². The van der Waals surface area contributed by atoms with Gasteiger partial charge < -0.3 is 14.8 Å². The lowest BCUT2D eigenvalue weighted by atomic mass is 10.1. The average Bonchev–Trinajstić information content (AvgIpc) is 2.66. The fraction of sp³-hybridized carbons (Fsp3) is 0.273. The minimum Gasteiger partial charge on any atom is -0.494 e. The third kappa shape index (κ3) is 4.97. The number of nitrogens with zero attached hydrogens (tertiary/aromatic N) is 1. The second-order valence-electron chi connectivity index (χ2n) is 6.45. The van der Waals surface area contributed by atoms with Crippen LogP contribution in [0.4, 0.5) is 0 Å². The Morgan fingerprint density at radius 1 is 1.07 bits per heavy atom. The number of amides is 1. The zero-order valence-corrected chi connectivity index (χ0v) is 15.9. The van der Waals surface area contributed by atoms with E-state index in [1.807, 2.05) is 61.5 Å². The zero-order chi connectivity index (χ0) is 19.2. The molecule has 0 aliphatic carbocycles. The second kappa shape index (κ2) is 8.54. The van der Waals surface area contributed by atoms with Crippen molar-refractivity contribution in [2.45, 2.75) is 33.2 Å². The van der Waals surface area contributed by atoms with Crippen LogP contribution in [0.2, 0.25) is 0 Å². The number of hydrogen-bond acceptors (Lipinski definition) is 4. The van der Waals surface area contributed by atoms with Crippen molar-refractivity contribution in [2.75, 3.05) is 6.61 Å². The van der Waals surface area contributed by atoms with Crippen molar-refractivity contribution >= 4 is 16.8 Å². The van der Waals surface area contributed by atoms with Gasteiger partial charge in [0.05, 0.1) is 18.2 Å². The minimum atomic E-state index is -0.0458. The highest BCUT2D eigenvalue weighted by atomic mass is 16.5. The number of rotatable bonds is 7. The summed E-state index contributed by atoms with van der Waals surface area (Å²) in [4.78, 5) is 15.8. The predicted molar refractivity (Wildman–Crippen MR) is 106 cm³/mol. The first-order valence-corrected chi connectivity index (χ1v) is 9.13. The normalized spacial score (nSPS) is 11.8. The van der Waals surface area contributed by atoms with Crippen LogP contribution in [0.3, 0.4) is 0 Å². The molecule has 1 heterocycles. The molecular formula is C22H24N2O3. The van der Waals surface area contributed by atoms with Gasteiger partial charge in [-0.25, -0.2) is 4.98 Å². The maximum atomic E-state index is 11.2. The molecule has 0 aliphatic rings. The summed E-state index contributed by atoms with van der Waals surface area (Å²) in [5.74, 6) is 2.03. The highest BCUT2D eigenvalue weighted by molar-refractivity contribution is 5.80. The molecule has 1 aromatic heterocycles. The van der Waals surface area contributed by atoms with Crippen LogP contribution in [0.5, 0.6) is 17.4 Å². The molecule has 1 amide bonds. The van der Waals surface area contributed by atoms with Gasteiger partial charge in [0, 0.05) is 18.4 Å². The summed E-state index contributed by atoms with van der Waals surface area (Å²) in [5.41, 5.74) is 1.88. The maximum absolute atomic E-state index is 11.2. The van der Waals surface area contributed by atoms with Crippen LogP contribution in [0.1, 0.15) is 38.8 Å². The van der Waals surface area contributed by atoms with Crippen LogP contribution in [0.15, 0.2) is 54.6 Å². The van der Waals surface area contributed by atoms with E-state index < -0.39 is 0 Å². The van der Waals surface area contributed by atoms with Crippen LogP contribution in [-0.2, 0) is 4.79 Å². The van der Waals surface area contributed by atoms with Crippen LogP contribution >= 0.6 is 0 Å². The standard InChI is InChI=1S/C22H24N2O3/c1-4-13-26-19-7-9-20(10-8-19)27-22-12-6-18-14-17(5-11-21(18)24-22)15(2)23-16(3)25/h5-12,14-15H,4,13H2,1-3H3,(H,23,25). The summed E-state index contributed by atoms with van der Waals surface area (Å²) < 4.78 is 11.4. The van der Waals surface area contributed by atoms with E-state index in [0.29, 0.717) is 18.2 Å². The number of fused-ring (bicyclic) bond motifs is 1. The Kier molecular flexibility index (Phi) is 5.91. The van der Waals surface area contributed by atoms with E-state index in [1.165, 1.54) is 6.92 Å². The largest absolute Gasteiger partial charge is 0.494 e. The smallest absolute Gasteiger partial charge is 0.219 e. The van der Waals surface area contributed by atoms with E-state index >= 15 is 0 Å². The maximum Gasteiger partial charge on any atom is 0.219 e. The molecule has 0 spiro atoms. The number of nitrogens with one attached hydrogen (secondary N) is 1. The molecule has 3 rings (SSSR count). The number of carbonyl (C=O) groups excluding carboxylic acids is 1. The fourth-order valence-electron chi connectivity index (χ4n) is 2.78. The van der Waals surface area contributed by atoms with Gasteiger partial charge in [0.15, 0.2) is 0 Å². The number of ether oxygens (including phenoxy) is 2. The van der Waals surface area contributed by atoms with Gasteiger partial charge >= 0.3 is 0 Å². The molecule has 1 atom stereocenters. The average molecular weight is 364 g/mol. The lowest BCUT2D eigenvalue weighted by Crippen LogP contribution is -2.23. The first kappa shape index (κ1) is 18.7. The molecule has 2 aromatic carbocycles. The highest BCUT2D eigenvalue weighted by Crippen LogP contribution is 2.26. The number of carbonyl (C=O) groups is 1. The minimum absolute atomic E-state index is 0.0451. The third-order valence-electron chi connectivity index (χ3n) is 4.13. The summed E-state index contributed by atoms with van der Waals surface area (Å²) in [6.45, 7) is 6.26. The van der Waals surface area contributed by atoms with E-state index in [1.54, 1.807) is 0 Å². The molecule has 3 aromatic rings. The lowest BCUT2D eigenvalue weighted by Gasteiger charge is -2.13. The second-order valence-corrected chi connectivity index (χ2v) is 6.45. The third-order valence-corrected chi connectivity index (χ3v) is 4.13. The molecular weight excluding hydrogens is 340 g/mol. The monoisotopic (exact) mass is 364 g/mol. The first-order valence-electron chi connectivity index (χ1n) is 9.13. The molecule has 0 saturated heterocycles. The molecule has 5 heteroatoms. The van der Waals surface area contributed by atoms with E-state index in [9.17, 15) is 4.79 Å². The molecule has 5 nitrogen and oxygen atoms in total. The highest BCUT2D eigenvalue weighted by Gasteiger charge is 2.08. The predicted octanol–water partition coefficient (Wildman–Crippen LogP) is 5.01. The fourth-order valence-corrected chi connectivity index (χ4v) is 2.78. The summed E-state index contributed by atoms with van der Waals surface area (Å²) in [7, 11) is 0. The quantitative estimate of drug-likeness (QED) is 0.640. The van der Waals surface area contributed by atoms with Gasteiger partial charge in [-0.3, -0.25) is 4.79 Å². The zero-order valence-electron chi connectivity index (χ0n) is 15.9. The number of hydrogen-bond donors (Lipinski definition) is 1. The van der Waals surface area contributed by atoms with E-state index in [4.69, 9.17) is 9.47 Å². The molecule has 0 aliphatic heterocycles. The van der Waals surface area contributed by atoms with Crippen molar-refractivity contribution in [3.8, 4) is 17.4 Å². The molecule has 0 fully saturated rings. The Bertz CT molecular complexity index is 922. The number of aromatic nitrogens is 1. The van der Waals surface area contributed by atoms with Gasteiger partial charge in [-0.1, -0.05) is 13.0 Å². The summed E-state index contributed by atoms with van der Waals surface area (Å²) in [6, 6.07) is 17.2. The molecule has 1 N–H and O–H groups in total. The molecule has 1 unspecified atom stereocenters. The van der Waals surface area contributed by atoms with Gasteiger partial charge in [-0.05, 0) is 61.4 Å². The summed E-state index contributed by atoms with van der Waals surface area (Å²) in [6.07, 6.45) is 0.977. The van der Waals surface area contributed by atoms with E-state index in [2.05, 4.69) is 17.2 Å². The molecule has 0 radical (unpaired) electrons. The number of pyridine rings is 1. The van der Waals surface area contributed by atoms with Gasteiger partial charge in [0.2, 0.25) is 11.8 Å². The van der Waals surface area contributed by atoms with Crippen molar-refractivity contribution in [3.63, 3.8) is 0 Å². The lowest BCUT2D eigenvalue weighted by molar-refractivity contribution is -0.119. The van der Waals surface area contributed by atoms with Crippen molar-refractivity contribution < 1.29 is 14.3 Å². The van der Waals surface area contributed by atoms with Crippen LogP contribution in [0, 0.1) is 0 Å². The summed E-state index contributed by atoms with van der Waals surface area (Å²) >= 11 is 0. The Balaban J connectivity index is 1.73. The first-order chi connectivity index (χ1) is 13.0. The number of benzene rings is 2. The Morgan fingerprint density at radius 3 is 2.52 bits per heavy atom. The molecule has 0 saturated carbocycles. The van der Waals surface area contributed by atoms with Crippen molar-refractivity contribution in [3.05, 3.63) is 60.2 Å². The Labute approximate surface area is 159 Å². The SMILES string of the molecule is CCCOc1ccc(Oc2ccc3cc(C(C)NC(C)=O)ccc3n2)cc1. The molecule has 27 heavy (non-hydrogen) atoms. The molecule has 0 bridgehead atoms.